The maximum atomic E-state index is 9.37. The van der Waals surface area contributed by atoms with Gasteiger partial charge < -0.3 is 10.8 Å². The molecule has 2 nitrogen and oxygen atoms in total. The lowest BCUT2D eigenvalue weighted by Gasteiger charge is -2.22. The van der Waals surface area contributed by atoms with Crippen molar-refractivity contribution in [2.75, 3.05) is 5.73 Å². The van der Waals surface area contributed by atoms with Crippen molar-refractivity contribution in [2.45, 2.75) is 33.1 Å². The number of nitrogens with two attached hydrogens (primary N) is 1. The van der Waals surface area contributed by atoms with E-state index in [1.165, 1.54) is 5.56 Å². The summed E-state index contributed by atoms with van der Waals surface area (Å²) < 4.78 is 0. The van der Waals surface area contributed by atoms with Crippen LogP contribution in [0.25, 0.3) is 0 Å². The van der Waals surface area contributed by atoms with Gasteiger partial charge in [0.15, 0.2) is 0 Å². The number of benzene rings is 1. The Bertz CT molecular complexity index is 324. The fraction of sp³-hybridized carbons (Fsp3) is 0.455. The first-order chi connectivity index (χ1) is 5.82. The van der Waals surface area contributed by atoms with Crippen LogP contribution in [0.3, 0.4) is 0 Å². The Balaban J connectivity index is 3.32. The van der Waals surface area contributed by atoms with E-state index >= 15 is 0 Å². The minimum Gasteiger partial charge on any atom is -0.506 e. The highest BCUT2D eigenvalue weighted by molar-refractivity contribution is 5.57. The molecule has 3 N–H and O–H groups in total. The molecule has 0 aliphatic rings. The maximum absolute atomic E-state index is 9.37. The zero-order valence-corrected chi connectivity index (χ0v) is 8.68. The number of hydrogen-bond acceptors (Lipinski definition) is 2. The van der Waals surface area contributed by atoms with Gasteiger partial charge in [0.2, 0.25) is 0 Å². The number of aromatic hydroxyl groups is 1. The van der Waals surface area contributed by atoms with Crippen LogP contribution >= 0.6 is 0 Å². The molecule has 0 fully saturated rings. The van der Waals surface area contributed by atoms with Crippen molar-refractivity contribution < 1.29 is 5.11 Å². The summed E-state index contributed by atoms with van der Waals surface area (Å²) in [5.41, 5.74) is 8.43. The molecule has 0 spiro atoms. The van der Waals surface area contributed by atoms with Gasteiger partial charge in [0.05, 0.1) is 5.69 Å². The van der Waals surface area contributed by atoms with Crippen molar-refractivity contribution in [1.29, 1.82) is 0 Å². The van der Waals surface area contributed by atoms with Crippen LogP contribution in [-0.4, -0.2) is 5.11 Å². The molecule has 1 aromatic carbocycles. The molecule has 0 amide bonds. The van der Waals surface area contributed by atoms with Crippen LogP contribution < -0.4 is 5.73 Å². The summed E-state index contributed by atoms with van der Waals surface area (Å²) in [6.45, 7) is 8.38. The number of phenolic OH excluding ortho intramolecular Hbond substituents is 1. The van der Waals surface area contributed by atoms with Crippen molar-refractivity contribution in [2.24, 2.45) is 0 Å². The van der Waals surface area contributed by atoms with Crippen LogP contribution in [0.15, 0.2) is 12.1 Å². The van der Waals surface area contributed by atoms with Crippen molar-refractivity contribution in [3.8, 4) is 5.75 Å². The van der Waals surface area contributed by atoms with E-state index in [0.717, 1.165) is 5.56 Å². The largest absolute Gasteiger partial charge is 0.506 e. The van der Waals surface area contributed by atoms with Gasteiger partial charge in [-0.2, -0.15) is 0 Å². The Kier molecular flexibility index (Phi) is 2.24. The molecule has 0 bridgehead atoms. The molecule has 0 saturated carbocycles. The molecule has 0 atom stereocenters. The lowest BCUT2D eigenvalue weighted by Crippen LogP contribution is -2.13. The van der Waals surface area contributed by atoms with E-state index in [0.29, 0.717) is 5.69 Å². The van der Waals surface area contributed by atoms with Gasteiger partial charge in [0.1, 0.15) is 5.75 Å². The molecule has 0 radical (unpaired) electrons. The van der Waals surface area contributed by atoms with Gasteiger partial charge in [-0.25, -0.2) is 0 Å². The van der Waals surface area contributed by atoms with Gasteiger partial charge in [-0.3, -0.25) is 0 Å². The summed E-state index contributed by atoms with van der Waals surface area (Å²) in [6.07, 6.45) is 0. The fourth-order valence-electron chi connectivity index (χ4n) is 1.52. The molecule has 0 aliphatic heterocycles. The molecule has 13 heavy (non-hydrogen) atoms. The predicted octanol–water partition coefficient (Wildman–Crippen LogP) is 2.58. The van der Waals surface area contributed by atoms with E-state index in [-0.39, 0.29) is 11.2 Å². The Morgan fingerprint density at radius 1 is 1.23 bits per heavy atom. The molecular weight excluding hydrogens is 162 g/mol. The lowest BCUT2D eigenvalue weighted by atomic mass is 9.84. The molecule has 72 valence electrons. The second-order valence-electron chi connectivity index (χ2n) is 4.48. The molecule has 0 aliphatic carbocycles. The molecule has 0 saturated heterocycles. The third-order valence-corrected chi connectivity index (χ3v) is 2.18. The average Bonchev–Trinajstić information content (AvgIpc) is 1.94. The van der Waals surface area contributed by atoms with E-state index in [2.05, 4.69) is 20.8 Å². The summed E-state index contributed by atoms with van der Waals surface area (Å²) >= 11 is 0. The highest BCUT2D eigenvalue weighted by atomic mass is 16.3. The Morgan fingerprint density at radius 3 is 2.23 bits per heavy atom. The minimum atomic E-state index is 0.0753. The Hall–Kier alpha value is -1.18. The second-order valence-corrected chi connectivity index (χ2v) is 4.48. The van der Waals surface area contributed by atoms with Gasteiger partial charge in [-0.05, 0) is 35.6 Å². The molecule has 0 aromatic heterocycles. The molecule has 1 rings (SSSR count). The van der Waals surface area contributed by atoms with E-state index in [1.807, 2.05) is 13.0 Å². The second kappa shape index (κ2) is 2.95. The number of phenols is 1. The number of anilines is 1. The monoisotopic (exact) mass is 179 g/mol. The van der Waals surface area contributed by atoms with E-state index in [1.54, 1.807) is 6.07 Å². The van der Waals surface area contributed by atoms with Gasteiger partial charge in [-0.1, -0.05) is 20.8 Å². The van der Waals surface area contributed by atoms with E-state index in [9.17, 15) is 5.11 Å². The van der Waals surface area contributed by atoms with E-state index in [4.69, 9.17) is 5.73 Å². The third kappa shape index (κ3) is 1.94. The zero-order valence-electron chi connectivity index (χ0n) is 8.68. The first-order valence-electron chi connectivity index (χ1n) is 4.42. The smallest absolute Gasteiger partial charge is 0.138 e. The van der Waals surface area contributed by atoms with Crippen molar-refractivity contribution in [3.05, 3.63) is 23.3 Å². The van der Waals surface area contributed by atoms with Crippen molar-refractivity contribution in [1.82, 2.24) is 0 Å². The topological polar surface area (TPSA) is 46.2 Å². The van der Waals surface area contributed by atoms with Crippen LogP contribution in [0.4, 0.5) is 5.69 Å². The highest BCUT2D eigenvalue weighted by Gasteiger charge is 2.17. The summed E-state index contributed by atoms with van der Waals surface area (Å²) in [4.78, 5) is 0. The number of nitrogen functional groups attached to an aromatic ring is 1. The SMILES string of the molecule is Cc1cc(O)c(N)cc1C(C)(C)C. The zero-order chi connectivity index (χ0) is 10.2. The summed E-state index contributed by atoms with van der Waals surface area (Å²) in [6, 6.07) is 3.57. The van der Waals surface area contributed by atoms with Crippen LogP contribution in [0.1, 0.15) is 31.9 Å². The summed E-state index contributed by atoms with van der Waals surface area (Å²) in [5, 5.41) is 9.37. The normalized spacial score (nSPS) is 11.7. The lowest BCUT2D eigenvalue weighted by molar-refractivity contribution is 0.476. The first kappa shape index (κ1) is 9.90. The van der Waals surface area contributed by atoms with Crippen LogP contribution in [-0.2, 0) is 5.41 Å². The molecule has 1 aromatic rings. The van der Waals surface area contributed by atoms with Gasteiger partial charge in [0.25, 0.3) is 0 Å². The molecule has 2 heteroatoms. The summed E-state index contributed by atoms with van der Waals surface area (Å²) in [5.74, 6) is 0.172. The first-order valence-corrected chi connectivity index (χ1v) is 4.42. The van der Waals surface area contributed by atoms with Gasteiger partial charge >= 0.3 is 0 Å². The number of hydrogen-bond donors (Lipinski definition) is 2. The van der Waals surface area contributed by atoms with Crippen LogP contribution in [0.2, 0.25) is 0 Å². The van der Waals surface area contributed by atoms with E-state index < -0.39 is 0 Å². The number of aryl methyl sites for hydroxylation is 1. The highest BCUT2D eigenvalue weighted by Crippen LogP contribution is 2.31. The Morgan fingerprint density at radius 2 is 1.77 bits per heavy atom. The quantitative estimate of drug-likeness (QED) is 0.475. The number of rotatable bonds is 0. The Labute approximate surface area is 79.4 Å². The van der Waals surface area contributed by atoms with Crippen molar-refractivity contribution >= 4 is 5.69 Å². The van der Waals surface area contributed by atoms with Gasteiger partial charge in [-0.15, -0.1) is 0 Å². The van der Waals surface area contributed by atoms with Crippen LogP contribution in [0, 0.1) is 6.92 Å². The van der Waals surface area contributed by atoms with Crippen molar-refractivity contribution in [3.63, 3.8) is 0 Å². The molecular formula is C11H17NO. The minimum absolute atomic E-state index is 0.0753. The molecule has 0 unspecified atom stereocenters. The fourth-order valence-corrected chi connectivity index (χ4v) is 1.52. The predicted molar refractivity (Wildman–Crippen MR) is 56.0 cm³/mol. The van der Waals surface area contributed by atoms with Gasteiger partial charge in [0, 0.05) is 0 Å². The average molecular weight is 179 g/mol. The maximum Gasteiger partial charge on any atom is 0.138 e. The standard InChI is InChI=1S/C11H17NO/c1-7-5-10(13)9(12)6-8(7)11(2,3)4/h5-6,13H,12H2,1-4H3. The molecule has 0 heterocycles. The third-order valence-electron chi connectivity index (χ3n) is 2.18. The summed E-state index contributed by atoms with van der Waals surface area (Å²) in [7, 11) is 0. The van der Waals surface area contributed by atoms with Crippen LogP contribution in [0.5, 0.6) is 5.75 Å².